The summed E-state index contributed by atoms with van der Waals surface area (Å²) in [5.74, 6) is -0.0442. The number of carbonyl (C=O) groups is 2. The third-order valence-corrected chi connectivity index (χ3v) is 3.39. The quantitative estimate of drug-likeness (QED) is 0.553. The lowest BCUT2D eigenvalue weighted by molar-refractivity contribution is -0.133. The first-order chi connectivity index (χ1) is 8.22. The molecule has 0 aliphatic carbocycles. The Kier molecular flexibility index (Phi) is 3.96. The van der Waals surface area contributed by atoms with Gasteiger partial charge in [-0.15, -0.1) is 0 Å². The Hall–Kier alpha value is -1.14. The maximum Gasteiger partial charge on any atom is 0.245 e. The first-order valence-corrected chi connectivity index (χ1v) is 6.25. The summed E-state index contributed by atoms with van der Waals surface area (Å²) in [6.45, 7) is 2.62. The van der Waals surface area contributed by atoms with Crippen LogP contribution in [0.4, 0.5) is 0 Å². The van der Waals surface area contributed by atoms with Gasteiger partial charge in [-0.1, -0.05) is 0 Å². The number of nitrogens with two attached hydrogens (primary N) is 1. The standard InChI is InChI=1S/C11H20N4O2/c12-4-7-15-6-3-9(11(15)17)14-10(16)8-2-1-5-13-8/h8-9,13H,1-7,12H2,(H,14,16)/t8-,9+/m0/s1. The fourth-order valence-electron chi connectivity index (χ4n) is 2.43. The zero-order valence-electron chi connectivity index (χ0n) is 9.95. The van der Waals surface area contributed by atoms with Crippen molar-refractivity contribution in [2.24, 2.45) is 5.73 Å². The zero-order valence-corrected chi connectivity index (χ0v) is 9.95. The van der Waals surface area contributed by atoms with Crippen molar-refractivity contribution in [3.63, 3.8) is 0 Å². The van der Waals surface area contributed by atoms with E-state index < -0.39 is 0 Å². The predicted molar refractivity (Wildman–Crippen MR) is 63.2 cm³/mol. The molecule has 0 saturated carbocycles. The van der Waals surface area contributed by atoms with Gasteiger partial charge in [0.05, 0.1) is 6.04 Å². The SMILES string of the molecule is NCCN1CC[C@@H](NC(=O)[C@@H]2CCCN2)C1=O. The van der Waals surface area contributed by atoms with Crippen LogP contribution in [0.15, 0.2) is 0 Å². The van der Waals surface area contributed by atoms with E-state index in [0.717, 1.165) is 19.4 Å². The number of carbonyl (C=O) groups excluding carboxylic acids is 2. The van der Waals surface area contributed by atoms with Gasteiger partial charge in [0.15, 0.2) is 0 Å². The highest BCUT2D eigenvalue weighted by Crippen LogP contribution is 2.12. The molecule has 2 atom stereocenters. The van der Waals surface area contributed by atoms with Crippen LogP contribution in [0, 0.1) is 0 Å². The summed E-state index contributed by atoms with van der Waals surface area (Å²) in [6.07, 6.45) is 2.58. The normalized spacial score (nSPS) is 28.8. The third kappa shape index (κ3) is 2.76. The molecule has 2 aliphatic rings. The monoisotopic (exact) mass is 240 g/mol. The van der Waals surface area contributed by atoms with Crippen LogP contribution in [0.3, 0.4) is 0 Å². The van der Waals surface area contributed by atoms with Crippen molar-refractivity contribution in [1.82, 2.24) is 15.5 Å². The minimum absolute atomic E-state index is 0.00166. The second-order valence-electron chi connectivity index (χ2n) is 4.61. The van der Waals surface area contributed by atoms with E-state index in [1.165, 1.54) is 0 Å². The summed E-state index contributed by atoms with van der Waals surface area (Å²) >= 11 is 0. The zero-order chi connectivity index (χ0) is 12.3. The Labute approximate surface area is 101 Å². The highest BCUT2D eigenvalue weighted by molar-refractivity contribution is 5.91. The summed E-state index contributed by atoms with van der Waals surface area (Å²) in [5, 5.41) is 5.95. The Morgan fingerprint density at radius 1 is 1.53 bits per heavy atom. The smallest absolute Gasteiger partial charge is 0.245 e. The van der Waals surface area contributed by atoms with Crippen molar-refractivity contribution in [1.29, 1.82) is 0 Å². The summed E-state index contributed by atoms with van der Waals surface area (Å²) in [5.41, 5.74) is 5.43. The minimum atomic E-state index is -0.351. The van der Waals surface area contributed by atoms with Gasteiger partial charge in [0.25, 0.3) is 0 Å². The molecule has 6 nitrogen and oxygen atoms in total. The molecular weight excluding hydrogens is 220 g/mol. The van der Waals surface area contributed by atoms with Crippen LogP contribution in [-0.2, 0) is 9.59 Å². The van der Waals surface area contributed by atoms with Gasteiger partial charge in [-0.25, -0.2) is 0 Å². The lowest BCUT2D eigenvalue weighted by Crippen LogP contribution is -2.48. The molecule has 17 heavy (non-hydrogen) atoms. The molecule has 0 unspecified atom stereocenters. The van der Waals surface area contributed by atoms with Gasteiger partial charge in [-0.3, -0.25) is 9.59 Å². The van der Waals surface area contributed by atoms with Crippen LogP contribution in [-0.4, -0.2) is 55.0 Å². The fourth-order valence-corrected chi connectivity index (χ4v) is 2.43. The van der Waals surface area contributed by atoms with Crippen molar-refractivity contribution >= 4 is 11.8 Å². The number of likely N-dealkylation sites (tertiary alicyclic amines) is 1. The van der Waals surface area contributed by atoms with Crippen LogP contribution in [0.2, 0.25) is 0 Å². The van der Waals surface area contributed by atoms with Crippen molar-refractivity contribution in [2.75, 3.05) is 26.2 Å². The van der Waals surface area contributed by atoms with Crippen LogP contribution < -0.4 is 16.4 Å². The largest absolute Gasteiger partial charge is 0.343 e. The number of amides is 2. The average molecular weight is 240 g/mol. The highest BCUT2D eigenvalue weighted by atomic mass is 16.2. The highest BCUT2D eigenvalue weighted by Gasteiger charge is 2.34. The lowest BCUT2D eigenvalue weighted by Gasteiger charge is -2.17. The van der Waals surface area contributed by atoms with Crippen molar-refractivity contribution < 1.29 is 9.59 Å². The van der Waals surface area contributed by atoms with Crippen LogP contribution in [0.25, 0.3) is 0 Å². The van der Waals surface area contributed by atoms with Gasteiger partial charge in [0, 0.05) is 19.6 Å². The summed E-state index contributed by atoms with van der Waals surface area (Å²) in [4.78, 5) is 25.4. The van der Waals surface area contributed by atoms with Gasteiger partial charge in [0.2, 0.25) is 11.8 Å². The molecule has 0 spiro atoms. The predicted octanol–water partition coefficient (Wildman–Crippen LogP) is -1.59. The Balaban J connectivity index is 1.83. The first-order valence-electron chi connectivity index (χ1n) is 6.25. The maximum atomic E-state index is 11.9. The second-order valence-corrected chi connectivity index (χ2v) is 4.61. The molecule has 2 saturated heterocycles. The third-order valence-electron chi connectivity index (χ3n) is 3.39. The molecule has 2 amide bonds. The number of hydrogen-bond donors (Lipinski definition) is 3. The van der Waals surface area contributed by atoms with Gasteiger partial charge >= 0.3 is 0 Å². The summed E-state index contributed by atoms with van der Waals surface area (Å²) in [7, 11) is 0. The average Bonchev–Trinajstić information content (AvgIpc) is 2.94. The molecule has 2 fully saturated rings. The molecule has 0 bridgehead atoms. The lowest BCUT2D eigenvalue weighted by atomic mass is 10.2. The molecule has 96 valence electrons. The van der Waals surface area contributed by atoms with Gasteiger partial charge in [0.1, 0.15) is 6.04 Å². The second kappa shape index (κ2) is 5.46. The Morgan fingerprint density at radius 2 is 2.35 bits per heavy atom. The number of hydrogen-bond acceptors (Lipinski definition) is 4. The van der Waals surface area contributed by atoms with E-state index in [1.807, 2.05) is 0 Å². The molecule has 2 rings (SSSR count). The van der Waals surface area contributed by atoms with Crippen molar-refractivity contribution in [3.05, 3.63) is 0 Å². The van der Waals surface area contributed by atoms with Gasteiger partial charge in [-0.2, -0.15) is 0 Å². The molecule has 0 aromatic heterocycles. The Bertz CT molecular complexity index is 302. The van der Waals surface area contributed by atoms with E-state index in [9.17, 15) is 9.59 Å². The number of nitrogens with zero attached hydrogens (tertiary/aromatic N) is 1. The molecular formula is C11H20N4O2. The Morgan fingerprint density at radius 3 is 3.00 bits per heavy atom. The molecule has 0 radical (unpaired) electrons. The van der Waals surface area contributed by atoms with E-state index >= 15 is 0 Å². The molecule has 4 N–H and O–H groups in total. The summed E-state index contributed by atoms with van der Waals surface area (Å²) < 4.78 is 0. The van der Waals surface area contributed by atoms with E-state index in [4.69, 9.17) is 5.73 Å². The maximum absolute atomic E-state index is 11.9. The topological polar surface area (TPSA) is 87.5 Å². The van der Waals surface area contributed by atoms with E-state index in [-0.39, 0.29) is 23.9 Å². The van der Waals surface area contributed by atoms with E-state index in [1.54, 1.807) is 4.90 Å². The molecule has 2 aliphatic heterocycles. The van der Waals surface area contributed by atoms with Crippen LogP contribution in [0.1, 0.15) is 19.3 Å². The van der Waals surface area contributed by atoms with Crippen LogP contribution in [0.5, 0.6) is 0 Å². The molecule has 0 aromatic carbocycles. The first kappa shape index (κ1) is 12.3. The fraction of sp³-hybridized carbons (Fsp3) is 0.818. The minimum Gasteiger partial charge on any atom is -0.343 e. The van der Waals surface area contributed by atoms with Crippen molar-refractivity contribution in [3.8, 4) is 0 Å². The van der Waals surface area contributed by atoms with Crippen molar-refractivity contribution in [2.45, 2.75) is 31.3 Å². The summed E-state index contributed by atoms with van der Waals surface area (Å²) in [6, 6.07) is -0.470. The molecule has 0 aromatic rings. The van der Waals surface area contributed by atoms with E-state index in [0.29, 0.717) is 26.1 Å². The number of rotatable bonds is 4. The van der Waals surface area contributed by atoms with Gasteiger partial charge in [-0.05, 0) is 25.8 Å². The van der Waals surface area contributed by atoms with Gasteiger partial charge < -0.3 is 21.3 Å². The van der Waals surface area contributed by atoms with Crippen LogP contribution >= 0.6 is 0 Å². The number of nitrogens with one attached hydrogen (secondary N) is 2. The molecule has 6 heteroatoms. The molecule has 2 heterocycles. The van der Waals surface area contributed by atoms with E-state index in [2.05, 4.69) is 10.6 Å².